The Bertz CT molecular complexity index is 631. The van der Waals surface area contributed by atoms with Gasteiger partial charge < -0.3 is 5.21 Å². The van der Waals surface area contributed by atoms with Gasteiger partial charge in [0.2, 0.25) is 0 Å². The Hall–Kier alpha value is -1.77. The molecule has 1 N–H and O–H groups in total. The van der Waals surface area contributed by atoms with E-state index in [0.29, 0.717) is 11.1 Å². The summed E-state index contributed by atoms with van der Waals surface area (Å²) in [4.78, 5) is 12.1. The third-order valence-corrected chi connectivity index (χ3v) is 4.01. The maximum atomic E-state index is 12.1. The smallest absolute Gasteiger partial charge is 0.286 e. The summed E-state index contributed by atoms with van der Waals surface area (Å²) in [5.41, 5.74) is 1.01. The van der Waals surface area contributed by atoms with Crippen molar-refractivity contribution in [3.05, 3.63) is 46.2 Å². The second-order valence-corrected chi connectivity index (χ2v) is 5.72. The molecule has 1 heterocycles. The van der Waals surface area contributed by atoms with Crippen LogP contribution in [-0.2, 0) is 6.42 Å². The van der Waals surface area contributed by atoms with E-state index < -0.39 is 0 Å². The number of benzene rings is 1. The molecule has 0 spiro atoms. The van der Waals surface area contributed by atoms with Gasteiger partial charge in [0.1, 0.15) is 0 Å². The van der Waals surface area contributed by atoms with Gasteiger partial charge in [0.15, 0.2) is 0 Å². The van der Waals surface area contributed by atoms with E-state index in [2.05, 4.69) is 6.92 Å². The average Bonchev–Trinajstić information content (AvgIpc) is 2.51. The molecule has 0 bridgehead atoms. The quantitative estimate of drug-likeness (QED) is 0.572. The van der Waals surface area contributed by atoms with Crippen molar-refractivity contribution in [3.63, 3.8) is 0 Å². The lowest BCUT2D eigenvalue weighted by atomic mass is 10.0. The van der Waals surface area contributed by atoms with Gasteiger partial charge in [0, 0.05) is 10.9 Å². The molecule has 21 heavy (non-hydrogen) atoms. The first kappa shape index (κ1) is 15.6. The minimum absolute atomic E-state index is 0.278. The highest BCUT2D eigenvalue weighted by Gasteiger charge is 2.07. The van der Waals surface area contributed by atoms with Gasteiger partial charge in [0.25, 0.3) is 5.56 Å². The zero-order valence-corrected chi connectivity index (χ0v) is 12.8. The van der Waals surface area contributed by atoms with Gasteiger partial charge in [-0.25, -0.2) is 0 Å². The highest BCUT2D eigenvalue weighted by Crippen LogP contribution is 2.14. The lowest BCUT2D eigenvalue weighted by Crippen LogP contribution is -2.22. The zero-order chi connectivity index (χ0) is 15.1. The molecule has 0 aliphatic heterocycles. The molecule has 0 radical (unpaired) electrons. The molecule has 0 saturated heterocycles. The van der Waals surface area contributed by atoms with E-state index in [9.17, 15) is 10.0 Å². The van der Waals surface area contributed by atoms with Gasteiger partial charge in [-0.2, -0.15) is 0 Å². The molecule has 2 aromatic rings. The number of hydrogen-bond donors (Lipinski definition) is 1. The summed E-state index contributed by atoms with van der Waals surface area (Å²) in [6, 6.07) is 9.35. The summed E-state index contributed by atoms with van der Waals surface area (Å²) in [5.74, 6) is 0. The van der Waals surface area contributed by atoms with E-state index in [-0.39, 0.29) is 5.56 Å². The molecule has 0 amide bonds. The summed E-state index contributed by atoms with van der Waals surface area (Å²) in [5, 5.41) is 10.9. The van der Waals surface area contributed by atoms with Crippen molar-refractivity contribution in [2.45, 2.75) is 58.3 Å². The normalized spacial score (nSPS) is 11.1. The number of pyridine rings is 1. The average molecular weight is 287 g/mol. The van der Waals surface area contributed by atoms with Crippen molar-refractivity contribution in [1.29, 1.82) is 0 Å². The second-order valence-electron chi connectivity index (χ2n) is 5.72. The predicted molar refractivity (Wildman–Crippen MR) is 87.1 cm³/mol. The molecular formula is C18H25NO2. The fourth-order valence-corrected chi connectivity index (χ4v) is 2.75. The Balaban J connectivity index is 1.93. The van der Waals surface area contributed by atoms with Crippen LogP contribution < -0.4 is 5.56 Å². The topological polar surface area (TPSA) is 42.2 Å². The van der Waals surface area contributed by atoms with Gasteiger partial charge in [0.05, 0.1) is 5.52 Å². The molecule has 114 valence electrons. The molecule has 0 fully saturated rings. The number of fused-ring (bicyclic) bond motifs is 1. The predicted octanol–water partition coefficient (Wildman–Crippen LogP) is 4.53. The maximum absolute atomic E-state index is 12.1. The minimum Gasteiger partial charge on any atom is -0.425 e. The van der Waals surface area contributed by atoms with E-state index in [4.69, 9.17) is 0 Å². The lowest BCUT2D eigenvalue weighted by molar-refractivity contribution is 0.187. The van der Waals surface area contributed by atoms with E-state index in [1.807, 2.05) is 24.3 Å². The molecule has 1 aromatic carbocycles. The van der Waals surface area contributed by atoms with Crippen molar-refractivity contribution >= 4 is 10.9 Å². The summed E-state index contributed by atoms with van der Waals surface area (Å²) < 4.78 is 0.784. The number of nitrogens with zero attached hydrogens (tertiary/aromatic N) is 1. The number of aromatic nitrogens is 1. The first-order valence-corrected chi connectivity index (χ1v) is 8.07. The molecule has 2 rings (SSSR count). The van der Waals surface area contributed by atoms with Crippen LogP contribution in [0, 0.1) is 0 Å². The largest absolute Gasteiger partial charge is 0.425 e. The van der Waals surface area contributed by atoms with Crippen LogP contribution in [0.15, 0.2) is 35.1 Å². The Morgan fingerprint density at radius 3 is 2.43 bits per heavy atom. The van der Waals surface area contributed by atoms with Crippen molar-refractivity contribution in [2.24, 2.45) is 0 Å². The summed E-state index contributed by atoms with van der Waals surface area (Å²) in [7, 11) is 0. The molecule has 3 heteroatoms. The van der Waals surface area contributed by atoms with Crippen LogP contribution in [-0.4, -0.2) is 9.94 Å². The van der Waals surface area contributed by atoms with Crippen LogP contribution in [0.5, 0.6) is 0 Å². The maximum Gasteiger partial charge on any atom is 0.286 e. The second kappa shape index (κ2) is 7.87. The third-order valence-electron chi connectivity index (χ3n) is 4.01. The lowest BCUT2D eigenvalue weighted by Gasteiger charge is -2.07. The fraction of sp³-hybridized carbons (Fsp3) is 0.500. The summed E-state index contributed by atoms with van der Waals surface area (Å²) in [6.45, 7) is 2.22. The number of hydrogen-bond acceptors (Lipinski definition) is 2. The van der Waals surface area contributed by atoms with Crippen LogP contribution in [0.3, 0.4) is 0 Å². The van der Waals surface area contributed by atoms with Gasteiger partial charge in [-0.1, -0.05) is 63.6 Å². The van der Waals surface area contributed by atoms with Gasteiger partial charge >= 0.3 is 0 Å². The molecular weight excluding hydrogens is 262 g/mol. The fourth-order valence-electron chi connectivity index (χ4n) is 2.75. The van der Waals surface area contributed by atoms with E-state index >= 15 is 0 Å². The highest BCUT2D eigenvalue weighted by molar-refractivity contribution is 5.79. The monoisotopic (exact) mass is 287 g/mol. The first-order valence-electron chi connectivity index (χ1n) is 8.07. The Morgan fingerprint density at radius 1 is 1.00 bits per heavy atom. The Labute approximate surface area is 126 Å². The van der Waals surface area contributed by atoms with Crippen LogP contribution in [0.1, 0.15) is 57.4 Å². The molecule has 0 unspecified atom stereocenters. The van der Waals surface area contributed by atoms with E-state index in [0.717, 1.165) is 29.4 Å². The summed E-state index contributed by atoms with van der Waals surface area (Å²) in [6.07, 6.45) is 9.35. The molecule has 0 aliphatic rings. The van der Waals surface area contributed by atoms with Crippen molar-refractivity contribution in [1.82, 2.24) is 4.73 Å². The third kappa shape index (κ3) is 4.10. The van der Waals surface area contributed by atoms with Crippen LogP contribution in [0.4, 0.5) is 0 Å². The van der Waals surface area contributed by atoms with E-state index in [1.165, 1.54) is 32.1 Å². The van der Waals surface area contributed by atoms with Gasteiger partial charge in [-0.15, -0.1) is 4.73 Å². The molecule has 0 atom stereocenters. The molecule has 0 aliphatic carbocycles. The zero-order valence-electron chi connectivity index (χ0n) is 12.8. The highest BCUT2D eigenvalue weighted by atomic mass is 16.5. The Morgan fingerprint density at radius 2 is 1.67 bits per heavy atom. The standard InChI is InChI=1S/C18H25NO2/c1-2-3-4-5-6-7-8-12-16-14-15-11-9-10-13-17(15)19(21)18(16)20/h9-11,13-14,21H,2-8,12H2,1H3. The van der Waals surface area contributed by atoms with Crippen molar-refractivity contribution < 1.29 is 5.21 Å². The molecule has 0 saturated carbocycles. The van der Waals surface area contributed by atoms with Crippen molar-refractivity contribution in [3.8, 4) is 0 Å². The van der Waals surface area contributed by atoms with Gasteiger partial charge in [-0.3, -0.25) is 4.79 Å². The summed E-state index contributed by atoms with van der Waals surface area (Å²) >= 11 is 0. The Kier molecular flexibility index (Phi) is 5.85. The minimum atomic E-state index is -0.278. The SMILES string of the molecule is CCCCCCCCCc1cc2ccccc2n(O)c1=O. The number of para-hydroxylation sites is 1. The number of aryl methyl sites for hydroxylation is 1. The van der Waals surface area contributed by atoms with Crippen LogP contribution in [0.25, 0.3) is 10.9 Å². The van der Waals surface area contributed by atoms with Gasteiger partial charge in [-0.05, 0) is 25.0 Å². The molecule has 3 nitrogen and oxygen atoms in total. The number of unbranched alkanes of at least 4 members (excludes halogenated alkanes) is 6. The first-order chi connectivity index (χ1) is 10.2. The van der Waals surface area contributed by atoms with Crippen molar-refractivity contribution in [2.75, 3.05) is 0 Å². The number of rotatable bonds is 8. The van der Waals surface area contributed by atoms with Crippen LogP contribution in [0.2, 0.25) is 0 Å². The van der Waals surface area contributed by atoms with Crippen LogP contribution >= 0.6 is 0 Å². The molecule has 1 aromatic heterocycles. The van der Waals surface area contributed by atoms with E-state index in [1.54, 1.807) is 6.07 Å².